The van der Waals surface area contributed by atoms with Crippen LogP contribution in [0.3, 0.4) is 0 Å². The molecule has 1 amide bonds. The number of halogens is 2. The van der Waals surface area contributed by atoms with E-state index in [1.54, 1.807) is 30.3 Å². The summed E-state index contributed by atoms with van der Waals surface area (Å²) in [5.41, 5.74) is 1.24. The Labute approximate surface area is 264 Å². The predicted octanol–water partition coefficient (Wildman–Crippen LogP) is 6.58. The second-order valence-electron chi connectivity index (χ2n) is 10.7. The molecule has 1 atom stereocenters. The first-order valence-electron chi connectivity index (χ1n) is 14.1. The van der Waals surface area contributed by atoms with Crippen LogP contribution in [0.15, 0.2) is 130 Å². The van der Waals surface area contributed by atoms with Gasteiger partial charge in [-0.15, -0.1) is 0 Å². The summed E-state index contributed by atoms with van der Waals surface area (Å²) < 4.78 is 44.4. The molecule has 45 heavy (non-hydrogen) atoms. The molecule has 0 bridgehead atoms. The van der Waals surface area contributed by atoms with Gasteiger partial charge in [-0.05, 0) is 53.1 Å². The number of sulfone groups is 1. The first kappa shape index (κ1) is 30.2. The van der Waals surface area contributed by atoms with E-state index in [-0.39, 0.29) is 35.3 Å². The molecule has 0 radical (unpaired) electrons. The molecule has 226 valence electrons. The number of benzene rings is 4. The van der Waals surface area contributed by atoms with Gasteiger partial charge in [0, 0.05) is 36.3 Å². The largest absolute Gasteiger partial charge is 0.358 e. The van der Waals surface area contributed by atoms with Gasteiger partial charge in [0.2, 0.25) is 15.3 Å². The van der Waals surface area contributed by atoms with Gasteiger partial charge in [-0.2, -0.15) is 0 Å². The lowest BCUT2D eigenvalue weighted by molar-refractivity contribution is 0.0949. The molecular weight excluding hydrogens is 613 g/mol. The summed E-state index contributed by atoms with van der Waals surface area (Å²) >= 11 is 5.92. The smallest absolute Gasteiger partial charge is 0.257 e. The molecule has 1 unspecified atom stereocenters. The SMILES string of the molecule is O=C(NCc1ccc(Cl)cc1)c1c[nH]c2c(F)cc(S(=O)(=O)C3(CC(c4ccccc4)c4ccccc4)C=CC=N3)cc2c1=O. The van der Waals surface area contributed by atoms with E-state index in [2.05, 4.69) is 15.3 Å². The average Bonchev–Trinajstić information content (AvgIpc) is 3.55. The monoisotopic (exact) mass is 639 g/mol. The Hall–Kier alpha value is -4.86. The number of amides is 1. The van der Waals surface area contributed by atoms with Crippen LogP contribution in [0.4, 0.5) is 4.39 Å². The van der Waals surface area contributed by atoms with E-state index in [1.807, 2.05) is 60.7 Å². The number of allylic oxidation sites excluding steroid dienone is 1. The van der Waals surface area contributed by atoms with E-state index < -0.39 is 36.8 Å². The number of aliphatic imine (C=N–C) groups is 1. The normalized spacial score (nSPS) is 16.0. The van der Waals surface area contributed by atoms with E-state index >= 15 is 4.39 Å². The molecule has 7 nitrogen and oxygen atoms in total. The van der Waals surface area contributed by atoms with Crippen LogP contribution in [-0.2, 0) is 16.4 Å². The van der Waals surface area contributed by atoms with Gasteiger partial charge in [0.25, 0.3) is 5.91 Å². The quantitative estimate of drug-likeness (QED) is 0.190. The maximum absolute atomic E-state index is 15.5. The Balaban J connectivity index is 1.39. The average molecular weight is 640 g/mol. The lowest BCUT2D eigenvalue weighted by Crippen LogP contribution is -2.36. The van der Waals surface area contributed by atoms with Crippen molar-refractivity contribution in [1.29, 1.82) is 0 Å². The Kier molecular flexibility index (Phi) is 8.22. The summed E-state index contributed by atoms with van der Waals surface area (Å²) in [5.74, 6) is -2.01. The second-order valence-corrected chi connectivity index (χ2v) is 13.4. The van der Waals surface area contributed by atoms with Gasteiger partial charge in [-0.25, -0.2) is 12.8 Å². The maximum Gasteiger partial charge on any atom is 0.257 e. The molecule has 0 fully saturated rings. The number of pyridine rings is 1. The molecule has 1 aliphatic heterocycles. The molecule has 0 saturated carbocycles. The van der Waals surface area contributed by atoms with Gasteiger partial charge in [-0.1, -0.05) is 84.4 Å². The number of hydrogen-bond acceptors (Lipinski definition) is 5. The zero-order chi connectivity index (χ0) is 31.6. The third kappa shape index (κ3) is 5.84. The highest BCUT2D eigenvalue weighted by atomic mass is 35.5. The van der Waals surface area contributed by atoms with Crippen molar-refractivity contribution in [3.63, 3.8) is 0 Å². The minimum atomic E-state index is -4.41. The van der Waals surface area contributed by atoms with Crippen LogP contribution in [0.5, 0.6) is 0 Å². The van der Waals surface area contributed by atoms with Crippen LogP contribution in [-0.4, -0.2) is 30.4 Å². The van der Waals surface area contributed by atoms with Crippen LogP contribution in [0.25, 0.3) is 10.9 Å². The van der Waals surface area contributed by atoms with Crippen molar-refractivity contribution in [2.75, 3.05) is 0 Å². The third-order valence-electron chi connectivity index (χ3n) is 7.94. The van der Waals surface area contributed by atoms with Gasteiger partial charge in [0.05, 0.1) is 15.8 Å². The summed E-state index contributed by atoms with van der Waals surface area (Å²) in [5, 5.41) is 2.94. The van der Waals surface area contributed by atoms with Crippen molar-refractivity contribution in [3.05, 3.63) is 159 Å². The first-order valence-corrected chi connectivity index (χ1v) is 16.0. The molecule has 10 heteroatoms. The van der Waals surface area contributed by atoms with Gasteiger partial charge in [-0.3, -0.25) is 14.6 Å². The van der Waals surface area contributed by atoms with Crippen molar-refractivity contribution in [1.82, 2.24) is 10.3 Å². The number of carbonyl (C=O) groups is 1. The van der Waals surface area contributed by atoms with E-state index in [9.17, 15) is 18.0 Å². The summed E-state index contributed by atoms with van der Waals surface area (Å²) in [6, 6.07) is 27.8. The highest BCUT2D eigenvalue weighted by Crippen LogP contribution is 2.42. The Bertz CT molecular complexity index is 2060. The second kappa shape index (κ2) is 12.3. The lowest BCUT2D eigenvalue weighted by atomic mass is 9.86. The Morgan fingerprint density at radius 2 is 1.60 bits per heavy atom. The molecule has 0 saturated heterocycles. The molecule has 0 aliphatic carbocycles. The van der Waals surface area contributed by atoms with Gasteiger partial charge in [0.15, 0.2) is 4.87 Å². The van der Waals surface area contributed by atoms with E-state index in [4.69, 9.17) is 11.6 Å². The van der Waals surface area contributed by atoms with Crippen LogP contribution in [0.2, 0.25) is 5.02 Å². The molecule has 0 spiro atoms. The summed E-state index contributed by atoms with van der Waals surface area (Å²) in [7, 11) is -4.41. The minimum Gasteiger partial charge on any atom is -0.358 e. The summed E-state index contributed by atoms with van der Waals surface area (Å²) in [6.07, 6.45) is 5.61. The number of hydrogen-bond donors (Lipinski definition) is 2. The number of aromatic amines is 1. The zero-order valence-electron chi connectivity index (χ0n) is 23.8. The summed E-state index contributed by atoms with van der Waals surface area (Å²) in [4.78, 5) is 31.4. The van der Waals surface area contributed by atoms with Gasteiger partial charge >= 0.3 is 0 Å². The van der Waals surface area contributed by atoms with E-state index in [1.165, 1.54) is 12.3 Å². The van der Waals surface area contributed by atoms with Crippen molar-refractivity contribution >= 4 is 44.5 Å². The fourth-order valence-corrected chi connectivity index (χ4v) is 7.47. The van der Waals surface area contributed by atoms with Crippen molar-refractivity contribution < 1.29 is 17.6 Å². The summed E-state index contributed by atoms with van der Waals surface area (Å²) in [6.45, 7) is 0.118. The zero-order valence-corrected chi connectivity index (χ0v) is 25.4. The van der Waals surface area contributed by atoms with E-state index in [0.29, 0.717) is 5.02 Å². The number of fused-ring (bicyclic) bond motifs is 1. The van der Waals surface area contributed by atoms with Crippen molar-refractivity contribution in [3.8, 4) is 0 Å². The number of aromatic nitrogens is 1. The standard InChI is InChI=1S/C35H27ClFN3O4S/c36-26-14-12-23(13-15-26)21-39-34(42)30-22-38-32-28(33(30)41)18-27(19-31(32)37)45(43,44)35(16-7-17-40-35)20-29(24-8-3-1-4-9-24)25-10-5-2-6-11-25/h1-19,22,29H,20-21H2,(H,38,41)(H,39,42). The number of nitrogens with zero attached hydrogens (tertiary/aromatic N) is 1. The third-order valence-corrected chi connectivity index (χ3v) is 10.4. The van der Waals surface area contributed by atoms with Crippen molar-refractivity contribution in [2.45, 2.75) is 28.6 Å². The maximum atomic E-state index is 15.5. The minimum absolute atomic E-state index is 0.0273. The Morgan fingerprint density at radius 1 is 0.956 bits per heavy atom. The van der Waals surface area contributed by atoms with Gasteiger partial charge in [0.1, 0.15) is 11.4 Å². The van der Waals surface area contributed by atoms with Crippen LogP contribution in [0.1, 0.15) is 39.4 Å². The predicted molar refractivity (Wildman–Crippen MR) is 174 cm³/mol. The molecular formula is C35H27ClFN3O4S. The number of H-pyrrole nitrogens is 1. The molecule has 1 aliphatic rings. The molecule has 2 heterocycles. The topological polar surface area (TPSA) is 108 Å². The lowest BCUT2D eigenvalue weighted by Gasteiger charge is -2.30. The van der Waals surface area contributed by atoms with Gasteiger partial charge < -0.3 is 10.3 Å². The highest BCUT2D eigenvalue weighted by molar-refractivity contribution is 7.93. The number of rotatable bonds is 9. The highest BCUT2D eigenvalue weighted by Gasteiger charge is 2.46. The molecule has 5 aromatic rings. The first-order chi connectivity index (χ1) is 21.7. The van der Waals surface area contributed by atoms with Crippen molar-refractivity contribution in [2.24, 2.45) is 4.99 Å². The molecule has 4 aromatic carbocycles. The fourth-order valence-electron chi connectivity index (χ4n) is 5.56. The Morgan fingerprint density at radius 3 is 2.20 bits per heavy atom. The van der Waals surface area contributed by atoms with Crippen LogP contribution in [0, 0.1) is 5.82 Å². The number of nitrogens with one attached hydrogen (secondary N) is 2. The molecule has 2 N–H and O–H groups in total. The molecule has 1 aromatic heterocycles. The van der Waals surface area contributed by atoms with E-state index in [0.717, 1.165) is 35.0 Å². The van der Waals surface area contributed by atoms with Crippen LogP contribution < -0.4 is 10.7 Å². The van der Waals surface area contributed by atoms with Crippen LogP contribution >= 0.6 is 11.6 Å². The molecule has 6 rings (SSSR count). The fraction of sp³-hybridized carbons (Fsp3) is 0.114. The number of carbonyl (C=O) groups excluding carboxylic acids is 1.